The van der Waals surface area contributed by atoms with E-state index in [4.69, 9.17) is 4.74 Å². The van der Waals surface area contributed by atoms with E-state index in [1.165, 1.54) is 12.1 Å². The van der Waals surface area contributed by atoms with E-state index in [-0.39, 0.29) is 17.2 Å². The van der Waals surface area contributed by atoms with Crippen LogP contribution in [-0.4, -0.2) is 26.5 Å². The fourth-order valence-electron chi connectivity index (χ4n) is 2.91. The number of rotatable bonds is 1. The summed E-state index contributed by atoms with van der Waals surface area (Å²) in [5.41, 5.74) is 2.80. The summed E-state index contributed by atoms with van der Waals surface area (Å²) in [7, 11) is 0. The van der Waals surface area contributed by atoms with Crippen LogP contribution in [0.5, 0.6) is 23.0 Å². The molecule has 0 saturated carbocycles. The van der Waals surface area contributed by atoms with Gasteiger partial charge in [0, 0.05) is 18.1 Å². The van der Waals surface area contributed by atoms with E-state index in [0.29, 0.717) is 23.3 Å². The molecule has 1 aliphatic heterocycles. The van der Waals surface area contributed by atoms with E-state index in [0.717, 1.165) is 11.1 Å². The maximum absolute atomic E-state index is 10.4. The maximum Gasteiger partial charge on any atom is 0.160 e. The largest absolute Gasteiger partial charge is 0.508 e. The van der Waals surface area contributed by atoms with Gasteiger partial charge in [-0.25, -0.2) is 0 Å². The zero-order chi connectivity index (χ0) is 16.0. The standard InChI is InChI=1S/C17H18O5/c1-8-4-11(18)6-15-12(8)7-14(20)17(22-15)10-3-9(2)16(21)13(19)5-10/h3-6,14,17-21H,7H2,1-2H3. The van der Waals surface area contributed by atoms with Crippen LogP contribution in [0.2, 0.25) is 0 Å². The van der Waals surface area contributed by atoms with Gasteiger partial charge >= 0.3 is 0 Å². The molecule has 5 heteroatoms. The Morgan fingerprint density at radius 2 is 1.73 bits per heavy atom. The van der Waals surface area contributed by atoms with Crippen molar-refractivity contribution in [2.75, 3.05) is 0 Å². The number of aliphatic hydroxyl groups is 1. The molecule has 2 atom stereocenters. The molecule has 5 nitrogen and oxygen atoms in total. The molecule has 2 aromatic rings. The van der Waals surface area contributed by atoms with Crippen molar-refractivity contribution in [2.45, 2.75) is 32.5 Å². The molecule has 0 aromatic heterocycles. The van der Waals surface area contributed by atoms with Crippen molar-refractivity contribution < 1.29 is 25.2 Å². The fourth-order valence-corrected chi connectivity index (χ4v) is 2.91. The number of aryl methyl sites for hydroxylation is 2. The summed E-state index contributed by atoms with van der Waals surface area (Å²) in [4.78, 5) is 0. The van der Waals surface area contributed by atoms with Gasteiger partial charge < -0.3 is 25.2 Å². The second kappa shape index (κ2) is 5.10. The number of aliphatic hydroxyl groups excluding tert-OH is 1. The Bertz CT molecular complexity index is 715. The first-order chi connectivity index (χ1) is 10.4. The molecule has 22 heavy (non-hydrogen) atoms. The van der Waals surface area contributed by atoms with Crippen LogP contribution < -0.4 is 4.74 Å². The third kappa shape index (κ3) is 2.33. The quantitative estimate of drug-likeness (QED) is 0.608. The topological polar surface area (TPSA) is 90.2 Å². The molecule has 0 amide bonds. The molecular weight excluding hydrogens is 284 g/mol. The lowest BCUT2D eigenvalue weighted by atomic mass is 9.91. The van der Waals surface area contributed by atoms with Gasteiger partial charge in [-0.05, 0) is 48.7 Å². The SMILES string of the molecule is Cc1cc(C2Oc3cc(O)cc(C)c3CC2O)cc(O)c1O. The molecule has 0 bridgehead atoms. The third-order valence-corrected chi connectivity index (χ3v) is 4.06. The Labute approximate surface area is 128 Å². The molecule has 116 valence electrons. The highest BCUT2D eigenvalue weighted by molar-refractivity contribution is 5.50. The Morgan fingerprint density at radius 3 is 2.41 bits per heavy atom. The lowest BCUT2D eigenvalue weighted by Crippen LogP contribution is -2.30. The molecule has 2 aromatic carbocycles. The second-order valence-corrected chi connectivity index (χ2v) is 5.75. The highest BCUT2D eigenvalue weighted by Crippen LogP contribution is 2.41. The van der Waals surface area contributed by atoms with E-state index in [9.17, 15) is 20.4 Å². The first kappa shape index (κ1) is 14.5. The van der Waals surface area contributed by atoms with Gasteiger partial charge in [-0.1, -0.05) is 0 Å². The number of phenols is 3. The van der Waals surface area contributed by atoms with Crippen molar-refractivity contribution in [3.05, 3.63) is 46.5 Å². The summed E-state index contributed by atoms with van der Waals surface area (Å²) in [6, 6.07) is 6.21. The minimum Gasteiger partial charge on any atom is -0.508 e. The second-order valence-electron chi connectivity index (χ2n) is 5.75. The van der Waals surface area contributed by atoms with E-state index < -0.39 is 12.2 Å². The molecular formula is C17H18O5. The number of benzene rings is 2. The predicted octanol–water partition coefficient (Wildman–Crippen LogP) is 2.46. The molecule has 4 N–H and O–H groups in total. The van der Waals surface area contributed by atoms with Gasteiger partial charge in [0.05, 0.1) is 6.10 Å². The van der Waals surface area contributed by atoms with Crippen molar-refractivity contribution in [2.24, 2.45) is 0 Å². The highest BCUT2D eigenvalue weighted by Gasteiger charge is 2.32. The van der Waals surface area contributed by atoms with Gasteiger partial charge in [-0.15, -0.1) is 0 Å². The Hall–Kier alpha value is -2.40. The number of fused-ring (bicyclic) bond motifs is 1. The summed E-state index contributed by atoms with van der Waals surface area (Å²) >= 11 is 0. The van der Waals surface area contributed by atoms with Crippen molar-refractivity contribution in [1.29, 1.82) is 0 Å². The van der Waals surface area contributed by atoms with Crippen molar-refractivity contribution in [3.63, 3.8) is 0 Å². The van der Waals surface area contributed by atoms with Crippen LogP contribution in [0.4, 0.5) is 0 Å². The minimum atomic E-state index is -0.779. The summed E-state index contributed by atoms with van der Waals surface area (Å²) < 4.78 is 5.84. The van der Waals surface area contributed by atoms with Gasteiger partial charge in [-0.2, -0.15) is 0 Å². The highest BCUT2D eigenvalue weighted by atomic mass is 16.5. The predicted molar refractivity (Wildman–Crippen MR) is 80.4 cm³/mol. The Morgan fingerprint density at radius 1 is 1.00 bits per heavy atom. The minimum absolute atomic E-state index is 0.108. The third-order valence-electron chi connectivity index (χ3n) is 4.06. The van der Waals surface area contributed by atoms with Crippen LogP contribution >= 0.6 is 0 Å². The van der Waals surface area contributed by atoms with E-state index in [2.05, 4.69) is 0 Å². The van der Waals surface area contributed by atoms with Crippen molar-refractivity contribution >= 4 is 0 Å². The molecule has 0 aliphatic carbocycles. The van der Waals surface area contributed by atoms with Crippen LogP contribution in [0.3, 0.4) is 0 Å². The first-order valence-corrected chi connectivity index (χ1v) is 7.06. The average molecular weight is 302 g/mol. The average Bonchev–Trinajstić information content (AvgIpc) is 2.44. The molecule has 1 heterocycles. The summed E-state index contributed by atoms with van der Waals surface area (Å²) in [5.74, 6) is 0.209. The molecule has 1 aliphatic rings. The number of aromatic hydroxyl groups is 3. The molecule has 0 radical (unpaired) electrons. The van der Waals surface area contributed by atoms with E-state index in [1.54, 1.807) is 19.1 Å². The van der Waals surface area contributed by atoms with Gasteiger partial charge in [0.1, 0.15) is 17.6 Å². The van der Waals surface area contributed by atoms with Gasteiger partial charge in [-0.3, -0.25) is 0 Å². The Balaban J connectivity index is 2.03. The molecule has 2 unspecified atom stereocenters. The van der Waals surface area contributed by atoms with Crippen LogP contribution in [0.25, 0.3) is 0 Å². The smallest absolute Gasteiger partial charge is 0.160 e. The normalized spacial score (nSPS) is 20.3. The lowest BCUT2D eigenvalue weighted by molar-refractivity contribution is 0.0202. The van der Waals surface area contributed by atoms with Gasteiger partial charge in [0.25, 0.3) is 0 Å². The van der Waals surface area contributed by atoms with Crippen molar-refractivity contribution in [1.82, 2.24) is 0 Å². The zero-order valence-electron chi connectivity index (χ0n) is 12.4. The fraction of sp³-hybridized carbons (Fsp3) is 0.294. The summed E-state index contributed by atoms with van der Waals surface area (Å²) in [6.45, 7) is 3.52. The number of ether oxygens (including phenoxy) is 1. The van der Waals surface area contributed by atoms with Crippen LogP contribution in [-0.2, 0) is 6.42 Å². The molecule has 0 saturated heterocycles. The van der Waals surface area contributed by atoms with Crippen LogP contribution in [0, 0.1) is 13.8 Å². The van der Waals surface area contributed by atoms with Gasteiger partial charge in [0.2, 0.25) is 0 Å². The summed E-state index contributed by atoms with van der Waals surface area (Å²) in [6.07, 6.45) is -1.05. The summed E-state index contributed by atoms with van der Waals surface area (Å²) in [5, 5.41) is 39.5. The first-order valence-electron chi connectivity index (χ1n) is 7.06. The molecule has 3 rings (SSSR count). The zero-order valence-corrected chi connectivity index (χ0v) is 12.4. The van der Waals surface area contributed by atoms with Crippen LogP contribution in [0.15, 0.2) is 24.3 Å². The number of phenolic OH excluding ortho intramolecular Hbond substituents is 3. The van der Waals surface area contributed by atoms with Gasteiger partial charge in [0.15, 0.2) is 11.5 Å². The monoisotopic (exact) mass is 302 g/mol. The molecule has 0 fully saturated rings. The molecule has 0 spiro atoms. The number of hydrogen-bond acceptors (Lipinski definition) is 5. The van der Waals surface area contributed by atoms with E-state index >= 15 is 0 Å². The Kier molecular flexibility index (Phi) is 3.37. The van der Waals surface area contributed by atoms with E-state index in [1.807, 2.05) is 6.92 Å². The maximum atomic E-state index is 10.4. The lowest BCUT2D eigenvalue weighted by Gasteiger charge is -2.32. The van der Waals surface area contributed by atoms with Crippen molar-refractivity contribution in [3.8, 4) is 23.0 Å². The van der Waals surface area contributed by atoms with Crippen LogP contribution in [0.1, 0.15) is 28.4 Å². The number of hydrogen-bond donors (Lipinski definition) is 4.